The molecule has 0 radical (unpaired) electrons. The second-order valence-electron chi connectivity index (χ2n) is 3.24. The molecule has 1 aromatic carbocycles. The van der Waals surface area contributed by atoms with Gasteiger partial charge in [-0.3, -0.25) is 0 Å². The third-order valence-corrected chi connectivity index (χ3v) is 2.10. The Morgan fingerprint density at radius 1 is 1.19 bits per heavy atom. The Hall–Kier alpha value is -2.41. The summed E-state index contributed by atoms with van der Waals surface area (Å²) in [6, 6.07) is 13.6. The largest absolute Gasteiger partial charge is 0.366 e. The van der Waals surface area contributed by atoms with E-state index in [1.165, 1.54) is 11.9 Å². The van der Waals surface area contributed by atoms with E-state index in [9.17, 15) is 0 Å². The smallest absolute Gasteiger partial charge is 0.145 e. The zero-order valence-corrected chi connectivity index (χ0v) is 8.59. The maximum Gasteiger partial charge on any atom is 0.145 e. The predicted molar refractivity (Wildman–Crippen MR) is 60.5 cm³/mol. The highest BCUT2D eigenvalue weighted by Crippen LogP contribution is 2.06. The Balaban J connectivity index is 2.03. The number of benzene rings is 1. The minimum atomic E-state index is 0.366. The summed E-state index contributed by atoms with van der Waals surface area (Å²) >= 11 is 0. The van der Waals surface area contributed by atoms with Crippen LogP contribution in [0.4, 0.5) is 5.82 Å². The number of nitrogens with zero attached hydrogens (tertiary/aromatic N) is 3. The van der Waals surface area contributed by atoms with Crippen molar-refractivity contribution in [1.82, 2.24) is 9.97 Å². The van der Waals surface area contributed by atoms with E-state index in [-0.39, 0.29) is 0 Å². The van der Waals surface area contributed by atoms with E-state index in [0.717, 1.165) is 0 Å². The van der Waals surface area contributed by atoms with Crippen molar-refractivity contribution < 1.29 is 0 Å². The Labute approximate surface area is 93.6 Å². The van der Waals surface area contributed by atoms with E-state index in [4.69, 9.17) is 5.26 Å². The average Bonchev–Trinajstić information content (AvgIpc) is 2.38. The van der Waals surface area contributed by atoms with Crippen LogP contribution in [0.2, 0.25) is 0 Å². The molecule has 0 saturated heterocycles. The van der Waals surface area contributed by atoms with Crippen LogP contribution in [0.1, 0.15) is 11.3 Å². The van der Waals surface area contributed by atoms with Gasteiger partial charge in [0.1, 0.15) is 23.9 Å². The van der Waals surface area contributed by atoms with E-state index in [2.05, 4.69) is 15.3 Å². The molecule has 0 unspecified atom stereocenters. The molecule has 78 valence electrons. The summed E-state index contributed by atoms with van der Waals surface area (Å²) in [7, 11) is 0. The lowest BCUT2D eigenvalue weighted by atomic mass is 10.2. The van der Waals surface area contributed by atoms with Crippen molar-refractivity contribution in [3.8, 4) is 6.07 Å². The van der Waals surface area contributed by atoms with E-state index >= 15 is 0 Å². The average molecular weight is 210 g/mol. The zero-order valence-electron chi connectivity index (χ0n) is 8.59. The summed E-state index contributed by atoms with van der Waals surface area (Å²) in [5.74, 6) is 0.662. The number of aromatic nitrogens is 2. The number of hydrogen-bond donors (Lipinski definition) is 1. The van der Waals surface area contributed by atoms with Crippen molar-refractivity contribution in [3.63, 3.8) is 0 Å². The van der Waals surface area contributed by atoms with Gasteiger partial charge in [0.15, 0.2) is 0 Å². The number of nitrogens with one attached hydrogen (secondary N) is 1. The van der Waals surface area contributed by atoms with Gasteiger partial charge in [-0.15, -0.1) is 0 Å². The molecule has 0 amide bonds. The molecule has 0 spiro atoms. The van der Waals surface area contributed by atoms with Crippen LogP contribution in [0, 0.1) is 11.3 Å². The molecule has 0 fully saturated rings. The fourth-order valence-electron chi connectivity index (χ4n) is 1.30. The minimum Gasteiger partial charge on any atom is -0.366 e. The van der Waals surface area contributed by atoms with Crippen LogP contribution in [0.25, 0.3) is 0 Å². The standard InChI is InChI=1S/C12H10N4/c13-7-11-6-12(16-9-15-11)14-8-10-4-2-1-3-5-10/h1-6,9H,8H2,(H,14,15,16). The summed E-state index contributed by atoms with van der Waals surface area (Å²) in [5.41, 5.74) is 1.53. The van der Waals surface area contributed by atoms with Gasteiger partial charge in [0.05, 0.1) is 0 Å². The number of nitriles is 1. The fourth-order valence-corrected chi connectivity index (χ4v) is 1.30. The third-order valence-electron chi connectivity index (χ3n) is 2.10. The summed E-state index contributed by atoms with van der Waals surface area (Å²) in [5, 5.41) is 11.8. The molecule has 0 aliphatic heterocycles. The van der Waals surface area contributed by atoms with Gasteiger partial charge in [0.25, 0.3) is 0 Å². The van der Waals surface area contributed by atoms with Crippen LogP contribution >= 0.6 is 0 Å². The van der Waals surface area contributed by atoms with E-state index in [1.807, 2.05) is 36.4 Å². The Morgan fingerprint density at radius 2 is 2.00 bits per heavy atom. The molecule has 4 nitrogen and oxygen atoms in total. The van der Waals surface area contributed by atoms with Crippen LogP contribution in [0.15, 0.2) is 42.7 Å². The van der Waals surface area contributed by atoms with Crippen LogP contribution in [-0.4, -0.2) is 9.97 Å². The maximum absolute atomic E-state index is 8.68. The van der Waals surface area contributed by atoms with Gasteiger partial charge in [-0.1, -0.05) is 30.3 Å². The van der Waals surface area contributed by atoms with Gasteiger partial charge < -0.3 is 5.32 Å². The third kappa shape index (κ3) is 2.55. The van der Waals surface area contributed by atoms with Crippen molar-refractivity contribution >= 4 is 5.82 Å². The van der Waals surface area contributed by atoms with Gasteiger partial charge in [-0.05, 0) is 5.56 Å². The van der Waals surface area contributed by atoms with Crippen molar-refractivity contribution in [2.24, 2.45) is 0 Å². The van der Waals surface area contributed by atoms with Crippen molar-refractivity contribution in [3.05, 3.63) is 54.0 Å². The minimum absolute atomic E-state index is 0.366. The molecule has 2 aromatic rings. The van der Waals surface area contributed by atoms with Crippen LogP contribution < -0.4 is 5.32 Å². The van der Waals surface area contributed by atoms with Crippen molar-refractivity contribution in [1.29, 1.82) is 5.26 Å². The number of hydrogen-bond acceptors (Lipinski definition) is 4. The lowest BCUT2D eigenvalue weighted by Crippen LogP contribution is -2.01. The molecule has 0 atom stereocenters. The molecule has 0 bridgehead atoms. The number of anilines is 1. The first kappa shape index (κ1) is 10.1. The first-order chi connectivity index (χ1) is 7.88. The normalized spacial score (nSPS) is 9.44. The second-order valence-corrected chi connectivity index (χ2v) is 3.24. The summed E-state index contributed by atoms with van der Waals surface area (Å²) in [4.78, 5) is 7.83. The maximum atomic E-state index is 8.68. The molecular weight excluding hydrogens is 200 g/mol. The number of rotatable bonds is 3. The Morgan fingerprint density at radius 3 is 2.75 bits per heavy atom. The van der Waals surface area contributed by atoms with Crippen LogP contribution in [-0.2, 0) is 6.54 Å². The SMILES string of the molecule is N#Cc1cc(NCc2ccccc2)ncn1. The van der Waals surface area contributed by atoms with E-state index in [1.54, 1.807) is 6.07 Å². The monoisotopic (exact) mass is 210 g/mol. The molecular formula is C12H10N4. The lowest BCUT2D eigenvalue weighted by Gasteiger charge is -2.04. The first-order valence-electron chi connectivity index (χ1n) is 4.88. The molecule has 0 aliphatic rings. The predicted octanol–water partition coefficient (Wildman–Crippen LogP) is 1.96. The summed E-state index contributed by atoms with van der Waals surface area (Å²) in [6.07, 6.45) is 1.38. The van der Waals surface area contributed by atoms with Crippen LogP contribution in [0.3, 0.4) is 0 Å². The molecule has 1 N–H and O–H groups in total. The summed E-state index contributed by atoms with van der Waals surface area (Å²) in [6.45, 7) is 0.683. The van der Waals surface area contributed by atoms with Gasteiger partial charge in [-0.25, -0.2) is 9.97 Å². The molecule has 0 aliphatic carbocycles. The lowest BCUT2D eigenvalue weighted by molar-refractivity contribution is 1.07. The van der Waals surface area contributed by atoms with Gasteiger partial charge in [0.2, 0.25) is 0 Å². The Bertz CT molecular complexity index is 502. The highest BCUT2D eigenvalue weighted by Gasteiger charge is 1.97. The van der Waals surface area contributed by atoms with E-state index < -0.39 is 0 Å². The summed E-state index contributed by atoms with van der Waals surface area (Å²) < 4.78 is 0. The highest BCUT2D eigenvalue weighted by atomic mass is 15.0. The topological polar surface area (TPSA) is 61.6 Å². The first-order valence-corrected chi connectivity index (χ1v) is 4.88. The van der Waals surface area contributed by atoms with Gasteiger partial charge in [0, 0.05) is 12.6 Å². The second kappa shape index (κ2) is 4.89. The van der Waals surface area contributed by atoms with Gasteiger partial charge in [-0.2, -0.15) is 5.26 Å². The Kier molecular flexibility index (Phi) is 3.10. The molecule has 0 saturated carbocycles. The molecule has 16 heavy (non-hydrogen) atoms. The molecule has 2 rings (SSSR count). The zero-order chi connectivity index (χ0) is 11.2. The van der Waals surface area contributed by atoms with Crippen LogP contribution in [0.5, 0.6) is 0 Å². The molecule has 1 aromatic heterocycles. The van der Waals surface area contributed by atoms with E-state index in [0.29, 0.717) is 18.1 Å². The molecule has 1 heterocycles. The van der Waals surface area contributed by atoms with Gasteiger partial charge >= 0.3 is 0 Å². The quantitative estimate of drug-likeness (QED) is 0.841. The van der Waals surface area contributed by atoms with Crippen molar-refractivity contribution in [2.45, 2.75) is 6.54 Å². The highest BCUT2D eigenvalue weighted by molar-refractivity contribution is 5.39. The fraction of sp³-hybridized carbons (Fsp3) is 0.0833. The molecule has 4 heteroatoms. The van der Waals surface area contributed by atoms with Crippen molar-refractivity contribution in [2.75, 3.05) is 5.32 Å².